The van der Waals surface area contributed by atoms with Crippen molar-refractivity contribution in [3.05, 3.63) is 59.6 Å². The Morgan fingerprint density at radius 1 is 1.24 bits per heavy atom. The van der Waals surface area contributed by atoms with Gasteiger partial charge in [-0.1, -0.05) is 12.1 Å². The molecule has 0 aliphatic rings. The minimum Gasteiger partial charge on any atom is -0.316 e. The van der Waals surface area contributed by atoms with E-state index >= 15 is 0 Å². The maximum absolute atomic E-state index is 13.0. The summed E-state index contributed by atoms with van der Waals surface area (Å²) in [6.07, 6.45) is -0.507. The summed E-state index contributed by atoms with van der Waals surface area (Å²) in [5.74, 6) is 0. The molecule has 0 radical (unpaired) electrons. The lowest BCUT2D eigenvalue weighted by Crippen LogP contribution is -2.36. The molecule has 0 fully saturated rings. The molecule has 0 aliphatic heterocycles. The van der Waals surface area contributed by atoms with Gasteiger partial charge in [0.05, 0.1) is 34.6 Å². The molecule has 1 aromatic heterocycles. The Morgan fingerprint density at radius 2 is 1.90 bits per heavy atom. The predicted molar refractivity (Wildman–Crippen MR) is 112 cm³/mol. The number of nitro benzene ring substituents is 1. The van der Waals surface area contributed by atoms with E-state index in [1.54, 1.807) is 32.0 Å². The Labute approximate surface area is 172 Å². The lowest BCUT2D eigenvalue weighted by atomic mass is 10.1. The Morgan fingerprint density at radius 3 is 2.48 bits per heavy atom. The van der Waals surface area contributed by atoms with Crippen LogP contribution < -0.4 is 11.1 Å². The molecule has 0 saturated heterocycles. The van der Waals surface area contributed by atoms with Crippen LogP contribution in [0.3, 0.4) is 0 Å². The summed E-state index contributed by atoms with van der Waals surface area (Å²) in [5.41, 5.74) is -1.96. The molecule has 0 aliphatic carbocycles. The van der Waals surface area contributed by atoms with E-state index < -0.39 is 29.9 Å². The lowest BCUT2D eigenvalue weighted by molar-refractivity contribution is -0.383. The monoisotopic (exact) mass is 485 g/mol. The number of hydrogen-bond acceptors (Lipinski definition) is 7. The van der Waals surface area contributed by atoms with Crippen LogP contribution in [0.4, 0.5) is 5.69 Å². The first kappa shape index (κ1) is 21.4. The quantitative estimate of drug-likeness (QED) is 0.177. The van der Waals surface area contributed by atoms with Crippen LogP contribution in [-0.2, 0) is 19.9 Å². The molecule has 154 valence electrons. The molecule has 0 bridgehead atoms. The number of halogens is 1. The smallest absolute Gasteiger partial charge is 0.316 e. The molecule has 0 unspecified atom stereocenters. The molecular formula is C17H17BrN3O7P. The number of rotatable bonds is 7. The van der Waals surface area contributed by atoms with Crippen molar-refractivity contribution < 1.29 is 18.5 Å². The fraction of sp³-hybridized carbons (Fsp3) is 0.294. The fourth-order valence-electron chi connectivity index (χ4n) is 3.15. The van der Waals surface area contributed by atoms with Gasteiger partial charge in [0.2, 0.25) is 0 Å². The number of H-pyrrole nitrogens is 1. The maximum Gasteiger partial charge on any atom is 0.350 e. The molecule has 0 saturated carbocycles. The van der Waals surface area contributed by atoms with Crippen molar-refractivity contribution in [2.45, 2.75) is 20.1 Å². The summed E-state index contributed by atoms with van der Waals surface area (Å²) in [6.45, 7) is 3.40. The standard InChI is InChI=1S/C17H17BrN3O7P/c1-3-27-29(26,28-4-2)9-20-15-10-6-5-7-11(18)14(10)13(21(24)25)8-12(15)19-16(22)17(20)23/h5-8H,3-4,9H2,1-2H3,(H,19,22). The second-order valence-corrected chi connectivity index (χ2v) is 8.86. The van der Waals surface area contributed by atoms with Crippen LogP contribution in [0.2, 0.25) is 0 Å². The summed E-state index contributed by atoms with van der Waals surface area (Å²) in [4.78, 5) is 38.2. The van der Waals surface area contributed by atoms with Crippen molar-refractivity contribution in [1.82, 2.24) is 9.55 Å². The molecular weight excluding hydrogens is 469 g/mol. The summed E-state index contributed by atoms with van der Waals surface area (Å²) < 4.78 is 25.0. The molecule has 10 nitrogen and oxygen atoms in total. The molecule has 12 heteroatoms. The first-order chi connectivity index (χ1) is 13.7. The zero-order valence-electron chi connectivity index (χ0n) is 15.5. The second kappa shape index (κ2) is 8.19. The van der Waals surface area contributed by atoms with E-state index in [0.717, 1.165) is 4.57 Å². The average molecular weight is 486 g/mol. The summed E-state index contributed by atoms with van der Waals surface area (Å²) >= 11 is 3.30. The van der Waals surface area contributed by atoms with Crippen molar-refractivity contribution in [1.29, 1.82) is 0 Å². The van der Waals surface area contributed by atoms with E-state index in [0.29, 0.717) is 9.86 Å². The molecule has 0 spiro atoms. The Hall–Kier alpha value is -2.33. The number of nitrogens with zero attached hydrogens (tertiary/aromatic N) is 2. The molecule has 2 aromatic carbocycles. The highest BCUT2D eigenvalue weighted by molar-refractivity contribution is 9.10. The fourth-order valence-corrected chi connectivity index (χ4v) is 5.36. The third-order valence-electron chi connectivity index (χ3n) is 4.18. The SMILES string of the molecule is CCOP(=O)(Cn1c(=O)c(=O)[nH]c2cc([N+](=O)[O-])c3c(Br)cccc3c21)OCC. The van der Waals surface area contributed by atoms with E-state index in [1.807, 2.05) is 0 Å². The predicted octanol–water partition coefficient (Wildman–Crippen LogP) is 3.74. The number of hydrogen-bond donors (Lipinski definition) is 1. The van der Waals surface area contributed by atoms with Gasteiger partial charge in [-0.15, -0.1) is 0 Å². The highest BCUT2D eigenvalue weighted by atomic mass is 79.9. The Bertz CT molecular complexity index is 1270. The molecule has 0 atom stereocenters. The van der Waals surface area contributed by atoms with Gasteiger partial charge in [0.1, 0.15) is 6.29 Å². The van der Waals surface area contributed by atoms with Crippen LogP contribution in [-0.4, -0.2) is 27.7 Å². The molecule has 29 heavy (non-hydrogen) atoms. The minimum atomic E-state index is -3.75. The van der Waals surface area contributed by atoms with Crippen LogP contribution in [0.15, 0.2) is 38.3 Å². The average Bonchev–Trinajstić information content (AvgIpc) is 2.65. The highest BCUT2D eigenvalue weighted by Gasteiger charge is 2.28. The molecule has 3 aromatic rings. The minimum absolute atomic E-state index is 0.0615. The normalized spacial score (nSPS) is 12.0. The number of nitro groups is 1. The zero-order valence-corrected chi connectivity index (χ0v) is 18.0. The van der Waals surface area contributed by atoms with Gasteiger partial charge >= 0.3 is 18.7 Å². The third-order valence-corrected chi connectivity index (χ3v) is 6.77. The van der Waals surface area contributed by atoms with Crippen LogP contribution >= 0.6 is 23.5 Å². The van der Waals surface area contributed by atoms with E-state index in [9.17, 15) is 24.3 Å². The Kier molecular flexibility index (Phi) is 6.04. The molecule has 1 heterocycles. The number of non-ortho nitro benzene ring substituents is 1. The van der Waals surface area contributed by atoms with Crippen LogP contribution in [0, 0.1) is 10.1 Å². The van der Waals surface area contributed by atoms with Crippen molar-refractivity contribution in [2.24, 2.45) is 0 Å². The van der Waals surface area contributed by atoms with Gasteiger partial charge in [-0.3, -0.25) is 28.8 Å². The highest BCUT2D eigenvalue weighted by Crippen LogP contribution is 2.50. The van der Waals surface area contributed by atoms with E-state index in [4.69, 9.17) is 9.05 Å². The first-order valence-corrected chi connectivity index (χ1v) is 11.1. The lowest BCUT2D eigenvalue weighted by Gasteiger charge is -2.19. The number of benzene rings is 2. The van der Waals surface area contributed by atoms with Crippen LogP contribution in [0.1, 0.15) is 13.8 Å². The Balaban J connectivity index is 2.48. The van der Waals surface area contributed by atoms with Crippen LogP contribution in [0.25, 0.3) is 21.8 Å². The number of aromatic amines is 1. The van der Waals surface area contributed by atoms with Crippen molar-refractivity contribution in [3.8, 4) is 0 Å². The largest absolute Gasteiger partial charge is 0.350 e. The van der Waals surface area contributed by atoms with Gasteiger partial charge in [-0.05, 0) is 35.8 Å². The topological polar surface area (TPSA) is 134 Å². The number of fused-ring (bicyclic) bond motifs is 3. The molecule has 1 N–H and O–H groups in total. The van der Waals surface area contributed by atoms with Gasteiger partial charge in [0.15, 0.2) is 0 Å². The summed E-state index contributed by atoms with van der Waals surface area (Å²) in [6, 6.07) is 6.02. The van der Waals surface area contributed by atoms with Gasteiger partial charge in [0, 0.05) is 15.9 Å². The number of nitrogens with one attached hydrogen (secondary N) is 1. The van der Waals surface area contributed by atoms with Crippen LogP contribution in [0.5, 0.6) is 0 Å². The van der Waals surface area contributed by atoms with Gasteiger partial charge < -0.3 is 14.0 Å². The first-order valence-electron chi connectivity index (χ1n) is 8.63. The third kappa shape index (κ3) is 3.91. The second-order valence-electron chi connectivity index (χ2n) is 5.99. The van der Waals surface area contributed by atoms with E-state index in [1.165, 1.54) is 6.07 Å². The summed E-state index contributed by atoms with van der Waals surface area (Å²) in [7, 11) is -3.75. The maximum atomic E-state index is 13.0. The van der Waals surface area contributed by atoms with Gasteiger partial charge in [-0.2, -0.15) is 0 Å². The van der Waals surface area contributed by atoms with Crippen molar-refractivity contribution in [2.75, 3.05) is 13.2 Å². The van der Waals surface area contributed by atoms with Crippen molar-refractivity contribution in [3.63, 3.8) is 0 Å². The number of aromatic nitrogens is 2. The van der Waals surface area contributed by atoms with Gasteiger partial charge in [-0.25, -0.2) is 0 Å². The zero-order chi connectivity index (χ0) is 21.3. The van der Waals surface area contributed by atoms with Gasteiger partial charge in [0.25, 0.3) is 5.69 Å². The van der Waals surface area contributed by atoms with E-state index in [2.05, 4.69) is 20.9 Å². The molecule has 0 amide bonds. The molecule has 3 rings (SSSR count). The van der Waals surface area contributed by atoms with Crippen molar-refractivity contribution >= 4 is 51.0 Å². The summed E-state index contributed by atoms with van der Waals surface area (Å²) in [5, 5.41) is 12.2. The van der Waals surface area contributed by atoms with E-state index in [-0.39, 0.29) is 35.3 Å².